The minimum Gasteiger partial charge on any atom is -0.462 e. The lowest BCUT2D eigenvalue weighted by atomic mass is 10.2. The number of esters is 1. The van der Waals surface area contributed by atoms with E-state index in [1.54, 1.807) is 36.1 Å². The zero-order valence-corrected chi connectivity index (χ0v) is 20.4. The van der Waals surface area contributed by atoms with Gasteiger partial charge < -0.3 is 10.1 Å². The van der Waals surface area contributed by atoms with Gasteiger partial charge in [0.15, 0.2) is 5.17 Å². The van der Waals surface area contributed by atoms with Crippen LogP contribution in [0.15, 0.2) is 71.0 Å². The van der Waals surface area contributed by atoms with Crippen LogP contribution in [0, 0.1) is 5.82 Å². The van der Waals surface area contributed by atoms with Crippen molar-refractivity contribution in [3.63, 3.8) is 0 Å². The number of nitrogens with zero attached hydrogens (tertiary/aromatic N) is 2. The van der Waals surface area contributed by atoms with E-state index in [0.29, 0.717) is 28.7 Å². The number of benzene rings is 2. The van der Waals surface area contributed by atoms with Gasteiger partial charge in [0.25, 0.3) is 0 Å². The maximum Gasteiger partial charge on any atom is 0.338 e. The number of anilines is 1. The summed E-state index contributed by atoms with van der Waals surface area (Å²) in [4.78, 5) is 45.0. The average Bonchev–Trinajstić information content (AvgIpc) is 3.36. The topological polar surface area (TPSA) is 88.1 Å². The van der Waals surface area contributed by atoms with Crippen molar-refractivity contribution >= 4 is 57.4 Å². The number of amides is 2. The Morgan fingerprint density at radius 3 is 2.54 bits per heavy atom. The largest absolute Gasteiger partial charge is 0.462 e. The van der Waals surface area contributed by atoms with Gasteiger partial charge in [0.1, 0.15) is 11.1 Å². The number of carbonyl (C=O) groups excluding carboxylic acids is 3. The number of thiophene rings is 1. The first-order valence-electron chi connectivity index (χ1n) is 10.8. The van der Waals surface area contributed by atoms with Crippen molar-refractivity contribution in [2.75, 3.05) is 11.9 Å². The number of hydrogen-bond acceptors (Lipinski definition) is 7. The summed E-state index contributed by atoms with van der Waals surface area (Å²) in [6.07, 6.45) is 0.00518. The molecule has 0 saturated carbocycles. The lowest BCUT2D eigenvalue weighted by molar-refractivity contribution is -0.129. The Morgan fingerprint density at radius 2 is 1.89 bits per heavy atom. The molecule has 0 spiro atoms. The number of hydrogen-bond donors (Lipinski definition) is 1. The molecule has 1 saturated heterocycles. The normalized spacial score (nSPS) is 16.9. The maximum absolute atomic E-state index is 13.3. The fourth-order valence-electron chi connectivity index (χ4n) is 3.31. The van der Waals surface area contributed by atoms with Crippen LogP contribution < -0.4 is 5.32 Å². The molecule has 2 amide bonds. The van der Waals surface area contributed by atoms with Gasteiger partial charge in [0, 0.05) is 17.0 Å². The molecule has 1 aliphatic heterocycles. The molecule has 1 aliphatic rings. The van der Waals surface area contributed by atoms with E-state index in [4.69, 9.17) is 4.74 Å². The molecule has 0 aliphatic carbocycles. The lowest BCUT2D eigenvalue weighted by Crippen LogP contribution is -2.44. The molecule has 4 rings (SSSR count). The summed E-state index contributed by atoms with van der Waals surface area (Å²) >= 11 is 2.71. The van der Waals surface area contributed by atoms with Crippen molar-refractivity contribution in [1.29, 1.82) is 0 Å². The molecule has 3 aromatic rings. The van der Waals surface area contributed by atoms with E-state index in [9.17, 15) is 18.8 Å². The fraction of sp³-hybridized carbons (Fsp3) is 0.200. The van der Waals surface area contributed by atoms with E-state index in [1.807, 2.05) is 17.5 Å². The molecular formula is C25H22FN3O4S2. The predicted octanol–water partition coefficient (Wildman–Crippen LogP) is 5.22. The summed E-state index contributed by atoms with van der Waals surface area (Å²) in [5.74, 6) is -1.40. The van der Waals surface area contributed by atoms with Crippen LogP contribution in [0.5, 0.6) is 0 Å². The van der Waals surface area contributed by atoms with Crippen molar-refractivity contribution in [2.45, 2.75) is 25.1 Å². The second-order valence-electron chi connectivity index (χ2n) is 7.53. The summed E-state index contributed by atoms with van der Waals surface area (Å²) in [5.41, 5.74) is 1.35. The summed E-state index contributed by atoms with van der Waals surface area (Å²) in [6, 6.07) is 15.8. The molecule has 10 heteroatoms. The summed E-state index contributed by atoms with van der Waals surface area (Å²) in [5, 5.41) is 4.40. The quantitative estimate of drug-likeness (QED) is 0.439. The standard InChI is InChI=1S/C25H22FN3O4S2/c1-2-33-24(32)16-5-9-18(10-6-16)27-23(31)21-14-22(30)29(15-20-4-3-13-34-20)25(35-21)28-19-11-7-17(26)8-12-19/h3-13,21H,2,14-15H2,1H3,(H,27,31). The highest BCUT2D eigenvalue weighted by molar-refractivity contribution is 8.15. The molecule has 1 atom stereocenters. The molecule has 1 unspecified atom stereocenters. The number of ether oxygens (including phenoxy) is 1. The van der Waals surface area contributed by atoms with E-state index in [0.717, 1.165) is 4.88 Å². The summed E-state index contributed by atoms with van der Waals surface area (Å²) in [7, 11) is 0. The third kappa shape index (κ3) is 6.34. The van der Waals surface area contributed by atoms with Gasteiger partial charge in [-0.15, -0.1) is 11.3 Å². The number of aliphatic imine (C=N–C) groups is 1. The number of halogens is 1. The highest BCUT2D eigenvalue weighted by Gasteiger charge is 2.36. The Kier molecular flexibility index (Phi) is 7.94. The van der Waals surface area contributed by atoms with E-state index in [-0.39, 0.29) is 30.7 Å². The van der Waals surface area contributed by atoms with E-state index in [1.165, 1.54) is 47.4 Å². The number of rotatable bonds is 7. The van der Waals surface area contributed by atoms with Crippen molar-refractivity contribution in [3.05, 3.63) is 82.3 Å². The zero-order chi connectivity index (χ0) is 24.8. The minimum atomic E-state index is -0.703. The Morgan fingerprint density at radius 1 is 1.14 bits per heavy atom. The SMILES string of the molecule is CCOC(=O)c1ccc(NC(=O)C2CC(=O)N(Cc3cccs3)C(=Nc3ccc(F)cc3)S2)cc1. The second kappa shape index (κ2) is 11.3. The summed E-state index contributed by atoms with van der Waals surface area (Å²) in [6.45, 7) is 2.34. The molecule has 1 aromatic heterocycles. The highest BCUT2D eigenvalue weighted by atomic mass is 32.2. The van der Waals surface area contributed by atoms with Gasteiger partial charge in [-0.3, -0.25) is 14.5 Å². The Bertz CT molecular complexity index is 1230. The van der Waals surface area contributed by atoms with Crippen LogP contribution in [0.4, 0.5) is 15.8 Å². The smallest absolute Gasteiger partial charge is 0.338 e. The molecular weight excluding hydrogens is 489 g/mol. The first-order valence-corrected chi connectivity index (χ1v) is 12.6. The van der Waals surface area contributed by atoms with Gasteiger partial charge in [-0.1, -0.05) is 17.8 Å². The van der Waals surface area contributed by atoms with Crippen molar-refractivity contribution in [2.24, 2.45) is 4.99 Å². The number of carbonyl (C=O) groups is 3. The number of nitrogens with one attached hydrogen (secondary N) is 1. The van der Waals surface area contributed by atoms with Crippen LogP contribution >= 0.6 is 23.1 Å². The maximum atomic E-state index is 13.3. The highest BCUT2D eigenvalue weighted by Crippen LogP contribution is 2.31. The third-order valence-electron chi connectivity index (χ3n) is 5.04. The van der Waals surface area contributed by atoms with Gasteiger partial charge in [-0.05, 0) is 66.9 Å². The molecule has 2 aromatic carbocycles. The molecule has 2 heterocycles. The average molecular weight is 512 g/mol. The molecule has 1 N–H and O–H groups in total. The second-order valence-corrected chi connectivity index (χ2v) is 9.73. The van der Waals surface area contributed by atoms with Crippen LogP contribution in [0.25, 0.3) is 0 Å². The first kappa shape index (κ1) is 24.6. The van der Waals surface area contributed by atoms with E-state index in [2.05, 4.69) is 10.3 Å². The van der Waals surface area contributed by atoms with Crippen LogP contribution in [0.1, 0.15) is 28.6 Å². The van der Waals surface area contributed by atoms with Crippen molar-refractivity contribution in [3.8, 4) is 0 Å². The molecule has 0 radical (unpaired) electrons. The van der Waals surface area contributed by atoms with Gasteiger partial charge in [-0.2, -0.15) is 0 Å². The predicted molar refractivity (Wildman–Crippen MR) is 135 cm³/mol. The van der Waals surface area contributed by atoms with Crippen LogP contribution in [0.2, 0.25) is 0 Å². The number of thioether (sulfide) groups is 1. The van der Waals surface area contributed by atoms with Crippen LogP contribution in [-0.2, 0) is 20.9 Å². The molecule has 7 nitrogen and oxygen atoms in total. The van der Waals surface area contributed by atoms with Crippen molar-refractivity contribution < 1.29 is 23.5 Å². The van der Waals surface area contributed by atoms with Gasteiger partial charge >= 0.3 is 5.97 Å². The van der Waals surface area contributed by atoms with Gasteiger partial charge in [0.2, 0.25) is 11.8 Å². The van der Waals surface area contributed by atoms with Gasteiger partial charge in [-0.25, -0.2) is 14.2 Å². The first-order chi connectivity index (χ1) is 16.9. The number of amidine groups is 1. The Balaban J connectivity index is 1.51. The molecule has 0 bridgehead atoms. The van der Waals surface area contributed by atoms with E-state index < -0.39 is 11.2 Å². The van der Waals surface area contributed by atoms with Crippen molar-refractivity contribution in [1.82, 2.24) is 4.90 Å². The monoisotopic (exact) mass is 511 g/mol. The fourth-order valence-corrected chi connectivity index (χ4v) is 5.10. The molecule has 35 heavy (non-hydrogen) atoms. The Labute approximate surface area is 210 Å². The van der Waals surface area contributed by atoms with E-state index >= 15 is 0 Å². The van der Waals surface area contributed by atoms with Gasteiger partial charge in [0.05, 0.1) is 24.4 Å². The zero-order valence-electron chi connectivity index (χ0n) is 18.8. The lowest BCUT2D eigenvalue weighted by Gasteiger charge is -2.31. The summed E-state index contributed by atoms with van der Waals surface area (Å²) < 4.78 is 18.3. The minimum absolute atomic E-state index is 0.00518. The Hall–Kier alpha value is -3.50. The molecule has 1 fully saturated rings. The molecule has 180 valence electrons. The van der Waals surface area contributed by atoms with Crippen LogP contribution in [-0.4, -0.2) is 39.7 Å². The third-order valence-corrected chi connectivity index (χ3v) is 7.09. The van der Waals surface area contributed by atoms with Crippen LogP contribution in [0.3, 0.4) is 0 Å².